The van der Waals surface area contributed by atoms with E-state index in [1.807, 2.05) is 11.8 Å². The Kier molecular flexibility index (Phi) is 7.39. The topological polar surface area (TPSA) is 12.0 Å². The van der Waals surface area contributed by atoms with E-state index in [9.17, 15) is 8.78 Å². The summed E-state index contributed by atoms with van der Waals surface area (Å²) in [5.74, 6) is -0.184. The van der Waals surface area contributed by atoms with Crippen molar-refractivity contribution in [2.45, 2.75) is 44.9 Å². The quantitative estimate of drug-likeness (QED) is 0.753. The van der Waals surface area contributed by atoms with Crippen molar-refractivity contribution in [3.8, 4) is 0 Å². The third kappa shape index (κ3) is 5.91. The Hall–Kier alpha value is -0.610. The molecule has 0 bridgehead atoms. The normalized spacial score (nSPS) is 14.4. The fourth-order valence-electron chi connectivity index (χ4n) is 1.75. The van der Waals surface area contributed by atoms with Gasteiger partial charge in [0.05, 0.1) is 0 Å². The predicted octanol–water partition coefficient (Wildman–Crippen LogP) is 4.54. The first-order chi connectivity index (χ1) is 9.06. The summed E-state index contributed by atoms with van der Waals surface area (Å²) in [6.07, 6.45) is 2.10. The van der Waals surface area contributed by atoms with Crippen LogP contribution < -0.4 is 5.32 Å². The van der Waals surface area contributed by atoms with E-state index >= 15 is 0 Å². The molecule has 0 aromatic heterocycles. The summed E-state index contributed by atoms with van der Waals surface area (Å²) >= 11 is 1.83. The lowest BCUT2D eigenvalue weighted by molar-refractivity contribution is 0.548. The molecule has 0 aliphatic carbocycles. The SMILES string of the molecule is CCCNC(CSC(C)CC)c1cc(F)cc(F)c1. The van der Waals surface area contributed by atoms with Gasteiger partial charge < -0.3 is 5.32 Å². The number of halogens is 2. The Morgan fingerprint density at radius 3 is 2.32 bits per heavy atom. The maximum Gasteiger partial charge on any atom is 0.126 e. The van der Waals surface area contributed by atoms with Crippen LogP contribution in [0.5, 0.6) is 0 Å². The zero-order valence-electron chi connectivity index (χ0n) is 11.9. The van der Waals surface area contributed by atoms with Gasteiger partial charge in [-0.15, -0.1) is 0 Å². The highest BCUT2D eigenvalue weighted by Crippen LogP contribution is 2.24. The van der Waals surface area contributed by atoms with Crippen LogP contribution in [0.1, 0.15) is 45.2 Å². The molecule has 1 N–H and O–H groups in total. The van der Waals surface area contributed by atoms with Gasteiger partial charge in [0.25, 0.3) is 0 Å². The van der Waals surface area contributed by atoms with E-state index in [0.29, 0.717) is 10.8 Å². The molecule has 0 aliphatic heterocycles. The Morgan fingerprint density at radius 1 is 1.16 bits per heavy atom. The summed E-state index contributed by atoms with van der Waals surface area (Å²) in [5, 5.41) is 3.93. The summed E-state index contributed by atoms with van der Waals surface area (Å²) in [5.41, 5.74) is 0.696. The van der Waals surface area contributed by atoms with E-state index in [1.54, 1.807) is 0 Å². The van der Waals surface area contributed by atoms with Gasteiger partial charge in [-0.2, -0.15) is 11.8 Å². The van der Waals surface area contributed by atoms with Gasteiger partial charge in [-0.25, -0.2) is 8.78 Å². The zero-order valence-corrected chi connectivity index (χ0v) is 12.7. The highest BCUT2D eigenvalue weighted by Gasteiger charge is 2.14. The number of hydrogen-bond acceptors (Lipinski definition) is 2. The second-order valence-electron chi connectivity index (χ2n) is 4.76. The monoisotopic (exact) mass is 287 g/mol. The smallest absolute Gasteiger partial charge is 0.126 e. The molecule has 0 saturated carbocycles. The summed E-state index contributed by atoms with van der Waals surface area (Å²) < 4.78 is 26.6. The van der Waals surface area contributed by atoms with Crippen molar-refractivity contribution in [3.05, 3.63) is 35.4 Å². The fourth-order valence-corrected chi connectivity index (χ4v) is 2.81. The highest BCUT2D eigenvalue weighted by atomic mass is 32.2. The molecule has 0 saturated heterocycles. The second kappa shape index (κ2) is 8.54. The fraction of sp³-hybridized carbons (Fsp3) is 0.600. The van der Waals surface area contributed by atoms with Crippen molar-refractivity contribution in [2.75, 3.05) is 12.3 Å². The van der Waals surface area contributed by atoms with E-state index in [1.165, 1.54) is 12.1 Å². The lowest BCUT2D eigenvalue weighted by Gasteiger charge is -2.20. The van der Waals surface area contributed by atoms with Crippen LogP contribution in [0.15, 0.2) is 18.2 Å². The zero-order chi connectivity index (χ0) is 14.3. The lowest BCUT2D eigenvalue weighted by Crippen LogP contribution is -2.25. The molecule has 0 heterocycles. The summed E-state index contributed by atoms with van der Waals surface area (Å²) in [7, 11) is 0. The summed E-state index contributed by atoms with van der Waals surface area (Å²) in [6.45, 7) is 7.25. The van der Waals surface area contributed by atoms with Crippen molar-refractivity contribution < 1.29 is 8.78 Å². The standard InChI is InChI=1S/C15H23F2NS/c1-4-6-18-15(10-19-11(3)5-2)12-7-13(16)9-14(17)8-12/h7-9,11,15,18H,4-6,10H2,1-3H3. The number of thioether (sulfide) groups is 1. The Bertz CT molecular complexity index is 364. The minimum atomic E-state index is -0.508. The van der Waals surface area contributed by atoms with Crippen molar-refractivity contribution in [2.24, 2.45) is 0 Å². The van der Waals surface area contributed by atoms with Gasteiger partial charge in [-0.05, 0) is 37.1 Å². The molecular weight excluding hydrogens is 264 g/mol. The van der Waals surface area contributed by atoms with Crippen molar-refractivity contribution in [1.29, 1.82) is 0 Å². The minimum absolute atomic E-state index is 0.00384. The third-order valence-electron chi connectivity index (χ3n) is 3.05. The van der Waals surface area contributed by atoms with E-state index < -0.39 is 11.6 Å². The lowest BCUT2D eigenvalue weighted by atomic mass is 10.1. The van der Waals surface area contributed by atoms with Gasteiger partial charge in [0.2, 0.25) is 0 Å². The van der Waals surface area contributed by atoms with Crippen LogP contribution in [0.3, 0.4) is 0 Å². The maximum atomic E-state index is 13.3. The van der Waals surface area contributed by atoms with E-state index in [-0.39, 0.29) is 6.04 Å². The molecule has 1 rings (SSSR count). The van der Waals surface area contributed by atoms with Crippen LogP contribution >= 0.6 is 11.8 Å². The van der Waals surface area contributed by atoms with Gasteiger partial charge in [-0.3, -0.25) is 0 Å². The highest BCUT2D eigenvalue weighted by molar-refractivity contribution is 7.99. The first kappa shape index (κ1) is 16.4. The van der Waals surface area contributed by atoms with Crippen LogP contribution in [-0.2, 0) is 0 Å². The average Bonchev–Trinajstić information content (AvgIpc) is 2.37. The third-order valence-corrected chi connectivity index (χ3v) is 4.48. The largest absolute Gasteiger partial charge is 0.309 e. The number of nitrogens with one attached hydrogen (secondary N) is 1. The molecule has 2 atom stereocenters. The molecule has 0 fully saturated rings. The summed E-state index contributed by atoms with van der Waals surface area (Å²) in [6, 6.07) is 3.77. The molecule has 1 nitrogen and oxygen atoms in total. The Labute approximate surface area is 119 Å². The molecule has 1 aromatic carbocycles. The molecule has 0 amide bonds. The molecule has 2 unspecified atom stereocenters. The molecule has 1 aromatic rings. The van der Waals surface area contributed by atoms with E-state index in [2.05, 4.69) is 26.1 Å². The molecule has 0 radical (unpaired) electrons. The molecule has 19 heavy (non-hydrogen) atoms. The van der Waals surface area contributed by atoms with Crippen molar-refractivity contribution in [1.82, 2.24) is 5.32 Å². The van der Waals surface area contributed by atoms with Gasteiger partial charge in [-0.1, -0.05) is 20.8 Å². The van der Waals surface area contributed by atoms with Crippen LogP contribution in [0.4, 0.5) is 8.78 Å². The van der Waals surface area contributed by atoms with E-state index in [0.717, 1.165) is 31.2 Å². The Morgan fingerprint density at radius 2 is 1.79 bits per heavy atom. The minimum Gasteiger partial charge on any atom is -0.309 e. The van der Waals surface area contributed by atoms with E-state index in [4.69, 9.17) is 0 Å². The van der Waals surface area contributed by atoms with Gasteiger partial charge in [0.1, 0.15) is 11.6 Å². The number of benzene rings is 1. The number of hydrogen-bond donors (Lipinski definition) is 1. The predicted molar refractivity (Wildman–Crippen MR) is 79.6 cm³/mol. The van der Waals surface area contributed by atoms with Crippen LogP contribution in [0, 0.1) is 11.6 Å². The van der Waals surface area contributed by atoms with Crippen molar-refractivity contribution >= 4 is 11.8 Å². The molecule has 108 valence electrons. The second-order valence-corrected chi connectivity index (χ2v) is 6.23. The van der Waals surface area contributed by atoms with Gasteiger partial charge in [0.15, 0.2) is 0 Å². The van der Waals surface area contributed by atoms with Gasteiger partial charge >= 0.3 is 0 Å². The van der Waals surface area contributed by atoms with Crippen LogP contribution in [0.25, 0.3) is 0 Å². The van der Waals surface area contributed by atoms with Crippen molar-refractivity contribution in [3.63, 3.8) is 0 Å². The van der Waals surface area contributed by atoms with Crippen LogP contribution in [0.2, 0.25) is 0 Å². The molecule has 4 heteroatoms. The average molecular weight is 287 g/mol. The Balaban J connectivity index is 2.76. The van der Waals surface area contributed by atoms with Crippen LogP contribution in [-0.4, -0.2) is 17.5 Å². The molecular formula is C15H23F2NS. The first-order valence-electron chi connectivity index (χ1n) is 6.87. The number of rotatable bonds is 8. The first-order valence-corrected chi connectivity index (χ1v) is 7.92. The maximum absolute atomic E-state index is 13.3. The summed E-state index contributed by atoms with van der Waals surface area (Å²) in [4.78, 5) is 0. The molecule has 0 aliphatic rings. The molecule has 0 spiro atoms. The van der Waals surface area contributed by atoms with Gasteiger partial charge in [0, 0.05) is 23.1 Å².